The molecule has 2 saturated heterocycles. The van der Waals surface area contributed by atoms with Gasteiger partial charge < -0.3 is 43.7 Å². The summed E-state index contributed by atoms with van der Waals surface area (Å²) >= 11 is 0. The van der Waals surface area contributed by atoms with Crippen LogP contribution in [0.5, 0.6) is 0 Å². The van der Waals surface area contributed by atoms with Crippen LogP contribution < -0.4 is 0 Å². The Hall–Kier alpha value is -1.79. The average Bonchev–Trinajstić information content (AvgIpc) is 3.43. The zero-order chi connectivity index (χ0) is 36.1. The van der Waals surface area contributed by atoms with Crippen molar-refractivity contribution in [3.63, 3.8) is 0 Å². The lowest BCUT2D eigenvalue weighted by Crippen LogP contribution is -2.51. The van der Waals surface area contributed by atoms with Crippen molar-refractivity contribution in [3.05, 3.63) is 35.3 Å². The second-order valence-electron chi connectivity index (χ2n) is 17.4. The van der Waals surface area contributed by atoms with Gasteiger partial charge in [-0.1, -0.05) is 25.5 Å². The molecule has 10 nitrogen and oxygen atoms in total. The summed E-state index contributed by atoms with van der Waals surface area (Å²) in [5, 5.41) is 30.3. The van der Waals surface area contributed by atoms with Gasteiger partial charge in [-0.3, -0.25) is 4.79 Å². The highest BCUT2D eigenvalue weighted by Crippen LogP contribution is 2.69. The molecule has 286 valence electrons. The van der Waals surface area contributed by atoms with Crippen LogP contribution in [0.1, 0.15) is 97.8 Å². The summed E-state index contributed by atoms with van der Waals surface area (Å²) in [5.41, 5.74) is 1.61. The molecule has 7 rings (SSSR count). The lowest BCUT2D eigenvalue weighted by Gasteiger charge is -2.58. The van der Waals surface area contributed by atoms with Crippen molar-refractivity contribution in [3.8, 4) is 0 Å². The topological polar surface area (TPSA) is 133 Å². The van der Waals surface area contributed by atoms with Crippen molar-refractivity contribution in [2.24, 2.45) is 46.3 Å². The van der Waals surface area contributed by atoms with Gasteiger partial charge in [0.05, 0.1) is 69.5 Å². The summed E-state index contributed by atoms with van der Waals surface area (Å²) in [6.45, 7) is 6.80. The molecule has 15 atom stereocenters. The maximum Gasteiger partial charge on any atom is 0.160 e. The molecule has 0 aromatic carbocycles. The van der Waals surface area contributed by atoms with Crippen LogP contribution in [-0.4, -0.2) is 91.6 Å². The molecule has 0 aromatic heterocycles. The molecule has 0 spiro atoms. The van der Waals surface area contributed by atoms with E-state index in [-0.39, 0.29) is 54.0 Å². The highest BCUT2D eigenvalue weighted by molar-refractivity contribution is 5.80. The van der Waals surface area contributed by atoms with Gasteiger partial charge in [0.15, 0.2) is 12.6 Å². The van der Waals surface area contributed by atoms with Crippen molar-refractivity contribution < 1.29 is 48.5 Å². The van der Waals surface area contributed by atoms with E-state index in [1.165, 1.54) is 5.57 Å². The first-order valence-electron chi connectivity index (χ1n) is 19.7. The second kappa shape index (κ2) is 15.2. The number of aliphatic hydroxyl groups excluding tert-OH is 3. The van der Waals surface area contributed by atoms with Gasteiger partial charge in [0, 0.05) is 43.9 Å². The van der Waals surface area contributed by atoms with Crippen LogP contribution in [0.4, 0.5) is 0 Å². The van der Waals surface area contributed by atoms with Crippen molar-refractivity contribution >= 4 is 5.78 Å². The van der Waals surface area contributed by atoms with Crippen LogP contribution in [0.2, 0.25) is 0 Å². The molecular weight excluding hydrogens is 652 g/mol. The molecular formula is C41H62O10. The second-order valence-corrected chi connectivity index (χ2v) is 17.4. The quantitative estimate of drug-likeness (QED) is 0.246. The highest BCUT2D eigenvalue weighted by Gasteiger charge is 2.63. The largest absolute Gasteiger partial charge is 0.501 e. The monoisotopic (exact) mass is 714 g/mol. The molecule has 10 heteroatoms. The number of carbonyl (C=O) groups is 1. The fourth-order valence-electron chi connectivity index (χ4n) is 12.2. The number of Topliss-reactive ketones (excluding diaryl/α,β-unsaturated/α-hetero) is 1. The molecule has 7 aliphatic rings. The Kier molecular flexibility index (Phi) is 11.1. The van der Waals surface area contributed by atoms with E-state index in [2.05, 4.69) is 19.9 Å². The minimum atomic E-state index is -0.611. The molecule has 3 saturated carbocycles. The first kappa shape index (κ1) is 37.5. The van der Waals surface area contributed by atoms with Crippen LogP contribution in [-0.2, 0) is 33.2 Å². The van der Waals surface area contributed by atoms with E-state index in [1.807, 2.05) is 19.1 Å². The van der Waals surface area contributed by atoms with Crippen LogP contribution >= 0.6 is 0 Å². The normalized spacial score (nSPS) is 46.8. The van der Waals surface area contributed by atoms with Crippen molar-refractivity contribution in [2.75, 3.05) is 27.4 Å². The number of carbonyl (C=O) groups excluding carboxylic acids is 1. The first-order valence-corrected chi connectivity index (χ1v) is 19.7. The number of ketones is 1. The van der Waals surface area contributed by atoms with Gasteiger partial charge >= 0.3 is 0 Å². The molecule has 5 aliphatic carbocycles. The molecule has 3 N–H and O–H groups in total. The van der Waals surface area contributed by atoms with Crippen LogP contribution in [0, 0.1) is 46.3 Å². The number of methoxy groups -OCH3 is 2. The van der Waals surface area contributed by atoms with Gasteiger partial charge in [0.25, 0.3) is 0 Å². The van der Waals surface area contributed by atoms with Crippen LogP contribution in [0.15, 0.2) is 35.3 Å². The van der Waals surface area contributed by atoms with Gasteiger partial charge in [-0.15, -0.1) is 0 Å². The summed E-state index contributed by atoms with van der Waals surface area (Å²) in [5.74, 6) is 4.30. The third-order valence-corrected chi connectivity index (χ3v) is 14.5. The van der Waals surface area contributed by atoms with Crippen molar-refractivity contribution in [1.29, 1.82) is 0 Å². The molecule has 14 unspecified atom stereocenters. The lowest BCUT2D eigenvalue weighted by molar-refractivity contribution is -0.269. The molecule has 2 aliphatic heterocycles. The van der Waals surface area contributed by atoms with E-state index in [0.717, 1.165) is 62.9 Å². The van der Waals surface area contributed by atoms with E-state index in [9.17, 15) is 20.1 Å². The number of aliphatic hydroxyl groups is 3. The predicted molar refractivity (Wildman–Crippen MR) is 189 cm³/mol. The van der Waals surface area contributed by atoms with Crippen molar-refractivity contribution in [1.82, 2.24) is 0 Å². The van der Waals surface area contributed by atoms with Gasteiger partial charge in [0.1, 0.15) is 5.78 Å². The first-order chi connectivity index (χ1) is 24.4. The average molecular weight is 715 g/mol. The van der Waals surface area contributed by atoms with E-state index in [4.69, 9.17) is 28.4 Å². The molecule has 51 heavy (non-hydrogen) atoms. The number of allylic oxidation sites excluding steroid dienone is 5. The minimum absolute atomic E-state index is 0.0181. The number of rotatable bonds is 10. The summed E-state index contributed by atoms with van der Waals surface area (Å²) in [7, 11) is 3.49. The van der Waals surface area contributed by atoms with E-state index >= 15 is 0 Å². The molecule has 0 aromatic rings. The summed E-state index contributed by atoms with van der Waals surface area (Å²) in [6, 6.07) is 0. The Balaban J connectivity index is 1.00. The predicted octanol–water partition coefficient (Wildman–Crippen LogP) is 5.59. The molecule has 5 fully saturated rings. The maximum atomic E-state index is 13.6. The summed E-state index contributed by atoms with van der Waals surface area (Å²) in [6.07, 6.45) is 13.2. The summed E-state index contributed by atoms with van der Waals surface area (Å²) in [4.78, 5) is 13.6. The van der Waals surface area contributed by atoms with E-state index in [0.29, 0.717) is 49.2 Å². The SMILES string of the molecule is COC1=CC=C(OC)C(C2CC3C4CC=C5CC(OC6CC(O)C[C@@H](COC7CC(O)CC(CO)O7)O6)CCC5(C)C4CCC3(C)C2C(C)=O)C1. The zero-order valence-electron chi connectivity index (χ0n) is 31.3. The maximum absolute atomic E-state index is 13.6. The van der Waals surface area contributed by atoms with Gasteiger partial charge in [0.2, 0.25) is 0 Å². The van der Waals surface area contributed by atoms with Gasteiger partial charge in [-0.25, -0.2) is 0 Å². The lowest BCUT2D eigenvalue weighted by atomic mass is 9.47. The third kappa shape index (κ3) is 7.24. The van der Waals surface area contributed by atoms with Gasteiger partial charge in [-0.2, -0.15) is 0 Å². The smallest absolute Gasteiger partial charge is 0.160 e. The Morgan fingerprint density at radius 2 is 1.63 bits per heavy atom. The Labute approximate surface area is 303 Å². The fourth-order valence-corrected chi connectivity index (χ4v) is 12.2. The summed E-state index contributed by atoms with van der Waals surface area (Å²) < 4.78 is 36.2. The van der Waals surface area contributed by atoms with Crippen LogP contribution in [0.25, 0.3) is 0 Å². The van der Waals surface area contributed by atoms with Gasteiger partial charge in [-0.05, 0) is 98.5 Å². The third-order valence-electron chi connectivity index (χ3n) is 14.5. The highest BCUT2D eigenvalue weighted by atomic mass is 16.7. The van der Waals surface area contributed by atoms with Crippen molar-refractivity contribution in [2.45, 2.75) is 141 Å². The molecule has 0 radical (unpaired) electrons. The van der Waals surface area contributed by atoms with E-state index < -0.39 is 30.9 Å². The Morgan fingerprint density at radius 1 is 0.882 bits per heavy atom. The fraction of sp³-hybridized carbons (Fsp3) is 0.829. The number of hydrogen-bond acceptors (Lipinski definition) is 10. The molecule has 0 amide bonds. The molecule has 2 heterocycles. The number of fused-ring (bicyclic) bond motifs is 5. The van der Waals surface area contributed by atoms with E-state index in [1.54, 1.807) is 14.2 Å². The zero-order valence-corrected chi connectivity index (χ0v) is 31.3. The standard InChI is InChI=1S/C41H62O10/c1-23(43)39-33(32-19-27(46-4)7-9-36(32)47-5)20-35-31-8-6-24-14-28(10-12-40(24,2)34(31)11-13-41(35,39)3)49-38-18-26(45)16-30(51-38)22-48-37-17-25(44)15-29(21-42)50-37/h6-7,9,25-26,28-35,37-39,42,44-45H,8,10-22H2,1-5H3/t25?,26?,28?,29?,30-,31?,32?,33?,34?,35?,37?,38?,39?,40?,41?/m0/s1. The van der Waals surface area contributed by atoms with Crippen LogP contribution in [0.3, 0.4) is 0 Å². The molecule has 0 bridgehead atoms. The minimum Gasteiger partial charge on any atom is -0.501 e. The number of hydrogen-bond donors (Lipinski definition) is 3. The number of ether oxygens (including phenoxy) is 6. The Morgan fingerprint density at radius 3 is 2.35 bits per heavy atom. The Bertz CT molecular complexity index is 1360.